The Labute approximate surface area is 133 Å². The van der Waals surface area contributed by atoms with E-state index in [0.29, 0.717) is 16.7 Å². The summed E-state index contributed by atoms with van der Waals surface area (Å²) in [6, 6.07) is 7.68. The molecule has 0 atom stereocenters. The summed E-state index contributed by atoms with van der Waals surface area (Å²) in [5.41, 5.74) is 0.583. The summed E-state index contributed by atoms with van der Waals surface area (Å²) < 4.78 is 0. The van der Waals surface area contributed by atoms with E-state index in [1.165, 1.54) is 6.33 Å². The molecule has 0 aliphatic carbocycles. The molecule has 24 heavy (non-hydrogen) atoms. The fourth-order valence-corrected chi connectivity index (χ4v) is 2.15. The van der Waals surface area contributed by atoms with Crippen molar-refractivity contribution in [3.05, 3.63) is 68.5 Å². The predicted octanol–water partition coefficient (Wildman–Crippen LogP) is 2.63. The average Bonchev–Trinajstić information content (AvgIpc) is 3.01. The molecule has 0 bridgehead atoms. The SMILES string of the molecule is O=C(Nc1ccc2nc[nH]c2c1)c1cc([N+](=O)[O-])cc([N+](=O)[O-])c1. The van der Waals surface area contributed by atoms with E-state index >= 15 is 0 Å². The number of aromatic nitrogens is 2. The Morgan fingerprint density at radius 2 is 1.71 bits per heavy atom. The zero-order valence-electron chi connectivity index (χ0n) is 11.9. The zero-order valence-corrected chi connectivity index (χ0v) is 11.9. The molecule has 0 spiro atoms. The Balaban J connectivity index is 1.93. The van der Waals surface area contributed by atoms with Crippen molar-refractivity contribution in [2.45, 2.75) is 0 Å². The summed E-state index contributed by atoms with van der Waals surface area (Å²) in [5.74, 6) is -0.694. The molecule has 10 nitrogen and oxygen atoms in total. The first-order chi connectivity index (χ1) is 11.4. The molecule has 2 N–H and O–H groups in total. The molecule has 0 saturated heterocycles. The molecule has 0 unspecified atom stereocenters. The van der Waals surface area contributed by atoms with Gasteiger partial charge >= 0.3 is 0 Å². The van der Waals surface area contributed by atoms with Crippen molar-refractivity contribution in [3.8, 4) is 0 Å². The maximum absolute atomic E-state index is 12.3. The summed E-state index contributed by atoms with van der Waals surface area (Å²) in [5, 5.41) is 24.3. The van der Waals surface area contributed by atoms with Gasteiger partial charge in [0, 0.05) is 17.8 Å². The fourth-order valence-electron chi connectivity index (χ4n) is 2.15. The summed E-state index contributed by atoms with van der Waals surface area (Å²) in [6.07, 6.45) is 1.50. The maximum Gasteiger partial charge on any atom is 0.277 e. The van der Waals surface area contributed by atoms with Crippen molar-refractivity contribution >= 4 is 34.0 Å². The number of rotatable bonds is 4. The van der Waals surface area contributed by atoms with Crippen molar-refractivity contribution in [1.29, 1.82) is 0 Å². The van der Waals surface area contributed by atoms with Crippen LogP contribution in [0.4, 0.5) is 17.1 Å². The number of hydrogen-bond donors (Lipinski definition) is 2. The summed E-state index contributed by atoms with van der Waals surface area (Å²) in [7, 11) is 0. The second-order valence-corrected chi connectivity index (χ2v) is 4.84. The van der Waals surface area contributed by atoms with E-state index < -0.39 is 27.1 Å². The Bertz CT molecular complexity index is 948. The minimum Gasteiger partial charge on any atom is -0.345 e. The average molecular weight is 327 g/mol. The lowest BCUT2D eigenvalue weighted by Gasteiger charge is -2.05. The highest BCUT2D eigenvalue weighted by Crippen LogP contribution is 2.24. The van der Waals surface area contributed by atoms with Crippen LogP contribution in [0.5, 0.6) is 0 Å². The Kier molecular flexibility index (Phi) is 3.62. The number of carbonyl (C=O) groups excluding carboxylic acids is 1. The lowest BCUT2D eigenvalue weighted by atomic mass is 10.1. The van der Waals surface area contributed by atoms with Crippen LogP contribution < -0.4 is 5.32 Å². The van der Waals surface area contributed by atoms with Gasteiger partial charge in [0.05, 0.1) is 38.8 Å². The number of carbonyl (C=O) groups is 1. The van der Waals surface area contributed by atoms with Crippen molar-refractivity contribution in [3.63, 3.8) is 0 Å². The molecule has 120 valence electrons. The third-order valence-electron chi connectivity index (χ3n) is 3.26. The lowest BCUT2D eigenvalue weighted by molar-refractivity contribution is -0.394. The third kappa shape index (κ3) is 2.88. The van der Waals surface area contributed by atoms with Crippen molar-refractivity contribution in [1.82, 2.24) is 9.97 Å². The number of H-pyrrole nitrogens is 1. The number of amides is 1. The Hall–Kier alpha value is -3.82. The van der Waals surface area contributed by atoms with Crippen molar-refractivity contribution in [2.24, 2.45) is 0 Å². The van der Waals surface area contributed by atoms with Gasteiger partial charge < -0.3 is 10.3 Å². The molecule has 1 aromatic heterocycles. The summed E-state index contributed by atoms with van der Waals surface area (Å²) >= 11 is 0. The van der Waals surface area contributed by atoms with Gasteiger partial charge in [-0.2, -0.15) is 0 Å². The van der Waals surface area contributed by atoms with Gasteiger partial charge in [-0.1, -0.05) is 0 Å². The van der Waals surface area contributed by atoms with E-state index in [1.807, 2.05) is 0 Å². The van der Waals surface area contributed by atoms with E-state index in [-0.39, 0.29) is 5.56 Å². The quantitative estimate of drug-likeness (QED) is 0.556. The second-order valence-electron chi connectivity index (χ2n) is 4.84. The van der Waals surface area contributed by atoms with Crippen LogP contribution in [-0.4, -0.2) is 25.7 Å². The van der Waals surface area contributed by atoms with Crippen LogP contribution in [0.1, 0.15) is 10.4 Å². The largest absolute Gasteiger partial charge is 0.345 e. The molecule has 0 radical (unpaired) electrons. The van der Waals surface area contributed by atoms with Crippen LogP contribution in [0.15, 0.2) is 42.7 Å². The van der Waals surface area contributed by atoms with E-state index in [0.717, 1.165) is 18.2 Å². The van der Waals surface area contributed by atoms with Crippen LogP contribution in [0.2, 0.25) is 0 Å². The predicted molar refractivity (Wildman–Crippen MR) is 83.8 cm³/mol. The fraction of sp³-hybridized carbons (Fsp3) is 0. The highest BCUT2D eigenvalue weighted by molar-refractivity contribution is 6.05. The van der Waals surface area contributed by atoms with Gasteiger partial charge in [-0.25, -0.2) is 4.98 Å². The highest BCUT2D eigenvalue weighted by atomic mass is 16.6. The number of hydrogen-bond acceptors (Lipinski definition) is 6. The first-order valence-corrected chi connectivity index (χ1v) is 6.62. The molecule has 2 aromatic carbocycles. The minimum absolute atomic E-state index is 0.180. The standard InChI is InChI=1S/C14H9N5O5/c20-14(17-9-1-2-12-13(5-9)16-7-15-12)8-3-10(18(21)22)6-11(4-8)19(23)24/h1-7H,(H,15,16)(H,17,20). The van der Waals surface area contributed by atoms with Gasteiger partial charge in [-0.3, -0.25) is 25.0 Å². The normalized spacial score (nSPS) is 10.5. The molecule has 10 heteroatoms. The smallest absolute Gasteiger partial charge is 0.277 e. The van der Waals surface area contributed by atoms with Crippen LogP contribution in [0.3, 0.4) is 0 Å². The number of benzene rings is 2. The van der Waals surface area contributed by atoms with Gasteiger partial charge in [-0.15, -0.1) is 0 Å². The molecular weight excluding hydrogens is 318 g/mol. The second kappa shape index (κ2) is 5.76. The zero-order chi connectivity index (χ0) is 17.3. The summed E-state index contributed by atoms with van der Waals surface area (Å²) in [6.45, 7) is 0. The highest BCUT2D eigenvalue weighted by Gasteiger charge is 2.20. The molecule has 3 rings (SSSR count). The minimum atomic E-state index is -0.791. The number of nitrogens with zero attached hydrogens (tertiary/aromatic N) is 3. The summed E-state index contributed by atoms with van der Waals surface area (Å²) in [4.78, 5) is 39.3. The van der Waals surface area contributed by atoms with Crippen LogP contribution >= 0.6 is 0 Å². The number of aromatic amines is 1. The molecule has 1 amide bonds. The third-order valence-corrected chi connectivity index (χ3v) is 3.26. The molecule has 0 saturated carbocycles. The van der Waals surface area contributed by atoms with E-state index in [2.05, 4.69) is 15.3 Å². The van der Waals surface area contributed by atoms with Gasteiger partial charge in [0.25, 0.3) is 17.3 Å². The molecule has 3 aromatic rings. The topological polar surface area (TPSA) is 144 Å². The number of nitrogens with one attached hydrogen (secondary N) is 2. The first kappa shape index (κ1) is 15.1. The van der Waals surface area contributed by atoms with E-state index in [1.54, 1.807) is 18.2 Å². The molecule has 0 aliphatic rings. The number of non-ortho nitro benzene ring substituents is 2. The van der Waals surface area contributed by atoms with Gasteiger partial charge in [-0.05, 0) is 18.2 Å². The molecule has 0 aliphatic heterocycles. The number of nitro groups is 2. The van der Waals surface area contributed by atoms with Gasteiger partial charge in [0.2, 0.25) is 0 Å². The molecule has 0 fully saturated rings. The van der Waals surface area contributed by atoms with E-state index in [9.17, 15) is 25.0 Å². The monoisotopic (exact) mass is 327 g/mol. The van der Waals surface area contributed by atoms with Gasteiger partial charge in [0.1, 0.15) is 0 Å². The first-order valence-electron chi connectivity index (χ1n) is 6.62. The molecule has 1 heterocycles. The number of anilines is 1. The number of imidazole rings is 1. The Morgan fingerprint density at radius 3 is 2.33 bits per heavy atom. The van der Waals surface area contributed by atoms with Crippen LogP contribution in [0.25, 0.3) is 11.0 Å². The van der Waals surface area contributed by atoms with E-state index in [4.69, 9.17) is 0 Å². The van der Waals surface area contributed by atoms with Gasteiger partial charge in [0.15, 0.2) is 0 Å². The van der Waals surface area contributed by atoms with Crippen molar-refractivity contribution in [2.75, 3.05) is 5.32 Å². The number of nitro benzene ring substituents is 2. The van der Waals surface area contributed by atoms with Crippen molar-refractivity contribution < 1.29 is 14.6 Å². The lowest BCUT2D eigenvalue weighted by Crippen LogP contribution is -2.12. The maximum atomic E-state index is 12.3. The Morgan fingerprint density at radius 1 is 1.04 bits per heavy atom. The van der Waals surface area contributed by atoms with Crippen LogP contribution in [-0.2, 0) is 0 Å². The van der Waals surface area contributed by atoms with Crippen LogP contribution in [0, 0.1) is 20.2 Å². The number of fused-ring (bicyclic) bond motifs is 1. The molecular formula is C14H9N5O5.